The number of rotatable bonds is 4. The molecule has 0 amide bonds. The van der Waals surface area contributed by atoms with E-state index in [0.29, 0.717) is 11.7 Å². The molecule has 0 spiro atoms. The van der Waals surface area contributed by atoms with Gasteiger partial charge in [-0.3, -0.25) is 0 Å². The Balaban J connectivity index is 1.70. The van der Waals surface area contributed by atoms with Crippen LogP contribution in [-0.2, 0) is 6.42 Å². The molecule has 1 aliphatic rings. The Labute approximate surface area is 88.9 Å². The smallest absolute Gasteiger partial charge is 0.227 e. The predicted octanol–water partition coefficient (Wildman–Crippen LogP) is 0.424. The van der Waals surface area contributed by atoms with Crippen molar-refractivity contribution in [3.05, 3.63) is 11.7 Å². The molecule has 2 N–H and O–H groups in total. The van der Waals surface area contributed by atoms with Crippen LogP contribution < -0.4 is 5.32 Å². The minimum Gasteiger partial charge on any atom is -0.392 e. The quantitative estimate of drug-likeness (QED) is 0.755. The van der Waals surface area contributed by atoms with E-state index >= 15 is 0 Å². The maximum Gasteiger partial charge on any atom is 0.227 e. The van der Waals surface area contributed by atoms with Gasteiger partial charge in [-0.15, -0.1) is 0 Å². The van der Waals surface area contributed by atoms with Crippen LogP contribution >= 0.6 is 0 Å². The van der Waals surface area contributed by atoms with E-state index in [-0.39, 0.29) is 12.1 Å². The van der Waals surface area contributed by atoms with Crippen molar-refractivity contribution in [2.75, 3.05) is 6.54 Å². The van der Waals surface area contributed by atoms with Crippen molar-refractivity contribution in [3.63, 3.8) is 0 Å². The zero-order valence-corrected chi connectivity index (χ0v) is 8.94. The summed E-state index contributed by atoms with van der Waals surface area (Å²) in [7, 11) is 0. The Hall–Kier alpha value is -0.940. The van der Waals surface area contributed by atoms with Crippen LogP contribution in [0.4, 0.5) is 0 Å². The maximum atomic E-state index is 9.58. The van der Waals surface area contributed by atoms with E-state index in [4.69, 9.17) is 4.52 Å². The van der Waals surface area contributed by atoms with Crippen LogP contribution in [0.2, 0.25) is 0 Å². The van der Waals surface area contributed by atoms with Gasteiger partial charge in [0.1, 0.15) is 0 Å². The number of nitrogens with one attached hydrogen (secondary N) is 1. The van der Waals surface area contributed by atoms with Gasteiger partial charge in [0.05, 0.1) is 6.10 Å². The number of nitrogens with zero attached hydrogens (tertiary/aromatic N) is 2. The largest absolute Gasteiger partial charge is 0.392 e. The van der Waals surface area contributed by atoms with Crippen LogP contribution in [0.5, 0.6) is 0 Å². The molecule has 0 aromatic carbocycles. The van der Waals surface area contributed by atoms with E-state index in [1.54, 1.807) is 6.92 Å². The van der Waals surface area contributed by atoms with Gasteiger partial charge in [0.25, 0.3) is 0 Å². The zero-order chi connectivity index (χ0) is 10.7. The lowest BCUT2D eigenvalue weighted by atomic mass is 10.2. The molecule has 0 saturated heterocycles. The average Bonchev–Trinajstić information content (AvgIpc) is 2.77. The van der Waals surface area contributed by atoms with Crippen LogP contribution in [0.15, 0.2) is 4.52 Å². The third kappa shape index (κ3) is 2.76. The van der Waals surface area contributed by atoms with Gasteiger partial charge >= 0.3 is 0 Å². The Morgan fingerprint density at radius 1 is 1.53 bits per heavy atom. The van der Waals surface area contributed by atoms with Crippen LogP contribution in [-0.4, -0.2) is 33.9 Å². The van der Waals surface area contributed by atoms with Crippen molar-refractivity contribution in [2.24, 2.45) is 0 Å². The first kappa shape index (κ1) is 10.6. The molecular formula is C10H17N3O2. The lowest BCUT2D eigenvalue weighted by Gasteiger charge is -2.15. The second kappa shape index (κ2) is 4.72. The summed E-state index contributed by atoms with van der Waals surface area (Å²) in [6.07, 6.45) is 3.62. The van der Waals surface area contributed by atoms with Gasteiger partial charge in [0.2, 0.25) is 5.89 Å². The number of aliphatic hydroxyl groups is 1. The molecular weight excluding hydrogens is 194 g/mol. The van der Waals surface area contributed by atoms with Gasteiger partial charge in [0.15, 0.2) is 5.82 Å². The number of aryl methyl sites for hydroxylation is 1. The molecule has 5 nitrogen and oxygen atoms in total. The van der Waals surface area contributed by atoms with E-state index in [9.17, 15) is 5.11 Å². The fraction of sp³-hybridized carbons (Fsp3) is 0.800. The van der Waals surface area contributed by atoms with Gasteiger partial charge < -0.3 is 14.9 Å². The molecule has 84 valence electrons. The maximum absolute atomic E-state index is 9.58. The van der Waals surface area contributed by atoms with E-state index in [1.165, 1.54) is 0 Å². The number of aliphatic hydroxyl groups excluding tert-OH is 1. The average molecular weight is 211 g/mol. The highest BCUT2D eigenvalue weighted by molar-refractivity contribution is 4.86. The predicted molar refractivity (Wildman–Crippen MR) is 54.4 cm³/mol. The standard InChI is InChI=1S/C10H17N3O2/c1-7-12-10(15-13-7)5-6-11-8-3-2-4-9(8)14/h8-9,11,14H,2-6H2,1H3. The first-order chi connectivity index (χ1) is 7.25. The molecule has 0 bridgehead atoms. The van der Waals surface area contributed by atoms with Crippen LogP contribution in [0.1, 0.15) is 31.0 Å². The van der Waals surface area contributed by atoms with Crippen molar-refractivity contribution < 1.29 is 9.63 Å². The first-order valence-corrected chi connectivity index (χ1v) is 5.46. The monoisotopic (exact) mass is 211 g/mol. The molecule has 5 heteroatoms. The van der Waals surface area contributed by atoms with E-state index < -0.39 is 0 Å². The summed E-state index contributed by atoms with van der Waals surface area (Å²) in [5.74, 6) is 1.33. The summed E-state index contributed by atoms with van der Waals surface area (Å²) in [5.41, 5.74) is 0. The Morgan fingerprint density at radius 3 is 3.00 bits per heavy atom. The topological polar surface area (TPSA) is 71.2 Å². The Bertz CT molecular complexity index is 313. The highest BCUT2D eigenvalue weighted by atomic mass is 16.5. The number of hydrogen-bond acceptors (Lipinski definition) is 5. The summed E-state index contributed by atoms with van der Waals surface area (Å²) in [6, 6.07) is 0.244. The number of hydrogen-bond donors (Lipinski definition) is 2. The Morgan fingerprint density at radius 2 is 2.40 bits per heavy atom. The van der Waals surface area contributed by atoms with E-state index in [2.05, 4.69) is 15.5 Å². The van der Waals surface area contributed by atoms with Crippen molar-refractivity contribution >= 4 is 0 Å². The van der Waals surface area contributed by atoms with Gasteiger partial charge in [0, 0.05) is 19.0 Å². The third-order valence-corrected chi connectivity index (χ3v) is 2.79. The molecule has 0 radical (unpaired) electrons. The van der Waals surface area contributed by atoms with Gasteiger partial charge in [-0.2, -0.15) is 4.98 Å². The SMILES string of the molecule is Cc1noc(CCNC2CCCC2O)n1. The van der Waals surface area contributed by atoms with Crippen molar-refractivity contribution in [1.29, 1.82) is 0 Å². The minimum absolute atomic E-state index is 0.186. The molecule has 1 aromatic heterocycles. The van der Waals surface area contributed by atoms with Crippen LogP contribution in [0.3, 0.4) is 0 Å². The summed E-state index contributed by atoms with van der Waals surface area (Å²) in [6.45, 7) is 2.59. The normalized spacial score (nSPS) is 26.0. The van der Waals surface area contributed by atoms with E-state index in [1.807, 2.05) is 0 Å². The second-order valence-corrected chi connectivity index (χ2v) is 4.04. The summed E-state index contributed by atoms with van der Waals surface area (Å²) in [4.78, 5) is 4.11. The molecule has 1 heterocycles. The molecule has 2 atom stereocenters. The summed E-state index contributed by atoms with van der Waals surface area (Å²) < 4.78 is 4.99. The highest BCUT2D eigenvalue weighted by Gasteiger charge is 2.24. The van der Waals surface area contributed by atoms with Crippen molar-refractivity contribution in [2.45, 2.75) is 44.8 Å². The molecule has 1 fully saturated rings. The molecule has 2 unspecified atom stereocenters. The molecule has 1 aromatic rings. The minimum atomic E-state index is -0.186. The van der Waals surface area contributed by atoms with Crippen molar-refractivity contribution in [1.82, 2.24) is 15.5 Å². The molecule has 15 heavy (non-hydrogen) atoms. The second-order valence-electron chi connectivity index (χ2n) is 4.04. The summed E-state index contributed by atoms with van der Waals surface area (Å²) in [5, 5.41) is 16.6. The van der Waals surface area contributed by atoms with Crippen molar-refractivity contribution in [3.8, 4) is 0 Å². The van der Waals surface area contributed by atoms with Crippen LogP contribution in [0.25, 0.3) is 0 Å². The first-order valence-electron chi connectivity index (χ1n) is 5.46. The Kier molecular flexibility index (Phi) is 3.33. The molecule has 1 saturated carbocycles. The lowest BCUT2D eigenvalue weighted by molar-refractivity contribution is 0.149. The fourth-order valence-electron chi connectivity index (χ4n) is 1.98. The van der Waals surface area contributed by atoms with Gasteiger partial charge in [-0.25, -0.2) is 0 Å². The fourth-order valence-corrected chi connectivity index (χ4v) is 1.98. The summed E-state index contributed by atoms with van der Waals surface area (Å²) >= 11 is 0. The lowest BCUT2D eigenvalue weighted by Crippen LogP contribution is -2.36. The van der Waals surface area contributed by atoms with Gasteiger partial charge in [-0.1, -0.05) is 5.16 Å². The number of aromatic nitrogens is 2. The molecule has 1 aliphatic carbocycles. The molecule has 0 aliphatic heterocycles. The van der Waals surface area contributed by atoms with Gasteiger partial charge in [-0.05, 0) is 26.2 Å². The highest BCUT2D eigenvalue weighted by Crippen LogP contribution is 2.18. The van der Waals surface area contributed by atoms with Crippen LogP contribution in [0, 0.1) is 6.92 Å². The third-order valence-electron chi connectivity index (χ3n) is 2.79. The zero-order valence-electron chi connectivity index (χ0n) is 8.94. The molecule has 2 rings (SSSR count). The van der Waals surface area contributed by atoms with E-state index in [0.717, 1.165) is 32.2 Å².